The van der Waals surface area contributed by atoms with E-state index in [0.29, 0.717) is 5.92 Å². The van der Waals surface area contributed by atoms with Gasteiger partial charge in [0.15, 0.2) is 0 Å². The highest BCUT2D eigenvalue weighted by Gasteiger charge is 2.21. The lowest BCUT2D eigenvalue weighted by molar-refractivity contribution is 0.720. The third kappa shape index (κ3) is 2.02. The first-order chi connectivity index (χ1) is 9.18. The number of hydrogen-bond acceptors (Lipinski definition) is 0. The summed E-state index contributed by atoms with van der Waals surface area (Å²) in [6.07, 6.45) is 10.3. The van der Waals surface area contributed by atoms with Crippen molar-refractivity contribution in [3.63, 3.8) is 0 Å². The Kier molecular flexibility index (Phi) is 3.02. The summed E-state index contributed by atoms with van der Waals surface area (Å²) in [6.45, 7) is 6.75. The fourth-order valence-corrected chi connectivity index (χ4v) is 3.17. The van der Waals surface area contributed by atoms with E-state index in [0.717, 1.165) is 6.42 Å². The fraction of sp³-hybridized carbons (Fsp3) is 0.263. The van der Waals surface area contributed by atoms with Gasteiger partial charge in [-0.05, 0) is 49.5 Å². The SMILES string of the molecule is CC1=C2C=CCC1/C(C)=C\C=C(/C)c1ccccc12. The molecule has 2 aliphatic carbocycles. The van der Waals surface area contributed by atoms with Crippen LogP contribution in [0.15, 0.2) is 59.7 Å². The summed E-state index contributed by atoms with van der Waals surface area (Å²) in [6, 6.07) is 8.75. The third-order valence-electron chi connectivity index (χ3n) is 4.39. The Morgan fingerprint density at radius 2 is 1.68 bits per heavy atom. The van der Waals surface area contributed by atoms with E-state index in [1.807, 2.05) is 0 Å². The van der Waals surface area contributed by atoms with E-state index in [1.165, 1.54) is 33.4 Å². The maximum Gasteiger partial charge on any atom is 0.00484 e. The van der Waals surface area contributed by atoms with Gasteiger partial charge in [-0.25, -0.2) is 0 Å². The summed E-state index contributed by atoms with van der Waals surface area (Å²) in [5.74, 6) is 0.565. The van der Waals surface area contributed by atoms with Gasteiger partial charge in [0.1, 0.15) is 0 Å². The average Bonchev–Trinajstić information content (AvgIpc) is 2.46. The lowest BCUT2D eigenvalue weighted by atomic mass is 9.80. The minimum atomic E-state index is 0.565. The monoisotopic (exact) mass is 248 g/mol. The first-order valence-electron chi connectivity index (χ1n) is 7.00. The van der Waals surface area contributed by atoms with Crippen molar-refractivity contribution in [3.8, 4) is 0 Å². The molecule has 1 atom stereocenters. The Bertz CT molecular complexity index is 636. The van der Waals surface area contributed by atoms with Gasteiger partial charge in [-0.3, -0.25) is 0 Å². The minimum absolute atomic E-state index is 0.565. The number of fused-ring (bicyclic) bond motifs is 3. The van der Waals surface area contributed by atoms with Crippen molar-refractivity contribution >= 4 is 11.1 Å². The van der Waals surface area contributed by atoms with Gasteiger partial charge in [-0.15, -0.1) is 0 Å². The molecule has 0 amide bonds. The predicted octanol–water partition coefficient (Wildman–Crippen LogP) is 5.40. The van der Waals surface area contributed by atoms with Crippen LogP contribution in [0.2, 0.25) is 0 Å². The van der Waals surface area contributed by atoms with Crippen molar-refractivity contribution < 1.29 is 0 Å². The molecule has 1 aromatic rings. The fourth-order valence-electron chi connectivity index (χ4n) is 3.17. The summed E-state index contributed by atoms with van der Waals surface area (Å²) in [4.78, 5) is 0. The molecule has 0 N–H and O–H groups in total. The number of benzene rings is 1. The van der Waals surface area contributed by atoms with E-state index in [1.54, 1.807) is 0 Å². The van der Waals surface area contributed by atoms with Crippen molar-refractivity contribution in [2.75, 3.05) is 0 Å². The molecule has 0 heteroatoms. The van der Waals surface area contributed by atoms with Gasteiger partial charge in [0.2, 0.25) is 0 Å². The maximum atomic E-state index is 2.32. The van der Waals surface area contributed by atoms with E-state index >= 15 is 0 Å². The van der Waals surface area contributed by atoms with Crippen molar-refractivity contribution in [2.24, 2.45) is 5.92 Å². The van der Waals surface area contributed by atoms with Crippen LogP contribution in [0.1, 0.15) is 38.3 Å². The number of rotatable bonds is 0. The molecule has 0 fully saturated rings. The molecule has 0 heterocycles. The summed E-state index contributed by atoms with van der Waals surface area (Å²) >= 11 is 0. The quantitative estimate of drug-likeness (QED) is 0.576. The van der Waals surface area contributed by atoms with Crippen LogP contribution in [0.4, 0.5) is 0 Å². The molecule has 0 radical (unpaired) electrons. The highest BCUT2D eigenvalue weighted by atomic mass is 14.3. The van der Waals surface area contributed by atoms with Crippen LogP contribution in [0.5, 0.6) is 0 Å². The number of allylic oxidation sites excluding steroid dienone is 8. The van der Waals surface area contributed by atoms with E-state index in [-0.39, 0.29) is 0 Å². The van der Waals surface area contributed by atoms with Crippen molar-refractivity contribution in [1.29, 1.82) is 0 Å². The zero-order chi connectivity index (χ0) is 13.4. The Labute approximate surface area is 115 Å². The second-order valence-electron chi connectivity index (χ2n) is 5.59. The molecule has 0 nitrogen and oxygen atoms in total. The molecule has 0 saturated heterocycles. The largest absolute Gasteiger partial charge is 0.0830 e. The van der Waals surface area contributed by atoms with Gasteiger partial charge >= 0.3 is 0 Å². The second kappa shape index (κ2) is 4.70. The summed E-state index contributed by atoms with van der Waals surface area (Å²) in [5.41, 5.74) is 8.45. The van der Waals surface area contributed by atoms with Crippen molar-refractivity contribution in [1.82, 2.24) is 0 Å². The van der Waals surface area contributed by atoms with E-state index in [4.69, 9.17) is 0 Å². The van der Waals surface area contributed by atoms with E-state index in [9.17, 15) is 0 Å². The molecule has 2 aliphatic rings. The lowest BCUT2D eigenvalue weighted by Gasteiger charge is -2.24. The lowest BCUT2D eigenvalue weighted by Crippen LogP contribution is -2.08. The summed E-state index contributed by atoms with van der Waals surface area (Å²) < 4.78 is 0. The van der Waals surface area contributed by atoms with Gasteiger partial charge < -0.3 is 0 Å². The molecule has 0 aromatic heterocycles. The van der Waals surface area contributed by atoms with E-state index in [2.05, 4.69) is 69.3 Å². The van der Waals surface area contributed by atoms with Crippen molar-refractivity contribution in [2.45, 2.75) is 27.2 Å². The standard InChI is InChI=1S/C19H20/c1-13-11-12-14(2)17-7-4-5-8-19(17)18-10-6-9-16(13)15(18)3/h4-8,10-12,16H,9H2,1-3H3/b13-11-,14-12+. The summed E-state index contributed by atoms with van der Waals surface area (Å²) in [5, 5.41) is 0. The first-order valence-corrected chi connectivity index (χ1v) is 7.00. The Morgan fingerprint density at radius 1 is 0.947 bits per heavy atom. The van der Waals surface area contributed by atoms with Gasteiger partial charge in [-0.2, -0.15) is 0 Å². The van der Waals surface area contributed by atoms with Gasteiger partial charge in [0.05, 0.1) is 0 Å². The highest BCUT2D eigenvalue weighted by Crippen LogP contribution is 2.38. The predicted molar refractivity (Wildman–Crippen MR) is 83.7 cm³/mol. The maximum absolute atomic E-state index is 2.32. The molecule has 1 aromatic carbocycles. The van der Waals surface area contributed by atoms with Crippen LogP contribution in [0, 0.1) is 5.92 Å². The molecule has 3 rings (SSSR count). The van der Waals surface area contributed by atoms with Gasteiger partial charge in [0, 0.05) is 5.92 Å². The average molecular weight is 248 g/mol. The first kappa shape index (κ1) is 12.2. The van der Waals surface area contributed by atoms with Gasteiger partial charge in [-0.1, -0.05) is 59.7 Å². The molecule has 96 valence electrons. The second-order valence-corrected chi connectivity index (χ2v) is 5.59. The highest BCUT2D eigenvalue weighted by molar-refractivity contribution is 5.86. The van der Waals surface area contributed by atoms with Gasteiger partial charge in [0.25, 0.3) is 0 Å². The Balaban J connectivity index is 2.33. The minimum Gasteiger partial charge on any atom is -0.0830 e. The zero-order valence-corrected chi connectivity index (χ0v) is 11.9. The zero-order valence-electron chi connectivity index (χ0n) is 11.9. The van der Waals surface area contributed by atoms with E-state index < -0.39 is 0 Å². The summed E-state index contributed by atoms with van der Waals surface area (Å²) in [7, 11) is 0. The molecule has 0 saturated carbocycles. The Morgan fingerprint density at radius 3 is 2.47 bits per heavy atom. The molecule has 2 bridgehead atoms. The number of hydrogen-bond donors (Lipinski definition) is 0. The molecule has 19 heavy (non-hydrogen) atoms. The van der Waals surface area contributed by atoms with Crippen LogP contribution in [0.3, 0.4) is 0 Å². The third-order valence-corrected chi connectivity index (χ3v) is 4.39. The van der Waals surface area contributed by atoms with Crippen LogP contribution in [-0.4, -0.2) is 0 Å². The topological polar surface area (TPSA) is 0 Å². The molecular formula is C19H20. The molecule has 0 aliphatic heterocycles. The van der Waals surface area contributed by atoms with Crippen LogP contribution in [-0.2, 0) is 0 Å². The van der Waals surface area contributed by atoms with Crippen LogP contribution >= 0.6 is 0 Å². The molecule has 1 unspecified atom stereocenters. The molecular weight excluding hydrogens is 228 g/mol. The van der Waals surface area contributed by atoms with Crippen molar-refractivity contribution in [3.05, 3.63) is 70.8 Å². The van der Waals surface area contributed by atoms with Crippen LogP contribution < -0.4 is 0 Å². The Hall–Kier alpha value is -1.82. The van der Waals surface area contributed by atoms with Crippen LogP contribution in [0.25, 0.3) is 11.1 Å². The normalized spacial score (nSPS) is 27.4. The smallest absolute Gasteiger partial charge is 0.00484 e. The molecule has 0 spiro atoms.